The van der Waals surface area contributed by atoms with E-state index < -0.39 is 0 Å². The number of halogens is 1. The minimum atomic E-state index is -0.335. The molecule has 0 saturated carbocycles. The lowest BCUT2D eigenvalue weighted by Gasteiger charge is -2.37. The molecule has 1 saturated heterocycles. The van der Waals surface area contributed by atoms with Gasteiger partial charge in [-0.05, 0) is 61.9 Å². The number of hydrogen-bond donors (Lipinski definition) is 0. The fourth-order valence-corrected chi connectivity index (χ4v) is 4.87. The largest absolute Gasteiger partial charge is 0.489 e. The van der Waals surface area contributed by atoms with E-state index in [2.05, 4.69) is 18.7 Å². The number of ether oxygens (including phenoxy) is 1. The van der Waals surface area contributed by atoms with Gasteiger partial charge in [0, 0.05) is 18.1 Å². The molecule has 0 bridgehead atoms. The predicted octanol–water partition coefficient (Wildman–Crippen LogP) is 5.39. The van der Waals surface area contributed by atoms with E-state index >= 15 is 0 Å². The Bertz CT molecular complexity index is 1050. The van der Waals surface area contributed by atoms with Crippen LogP contribution in [0.2, 0.25) is 5.02 Å². The molecule has 2 amide bonds. The highest BCUT2D eigenvalue weighted by Gasteiger charge is 2.44. The third-order valence-corrected chi connectivity index (χ3v) is 6.10. The van der Waals surface area contributed by atoms with Crippen molar-refractivity contribution in [2.45, 2.75) is 40.2 Å². The molecule has 0 spiro atoms. The molecule has 5 nitrogen and oxygen atoms in total. The summed E-state index contributed by atoms with van der Waals surface area (Å²) in [4.78, 5) is 31.0. The van der Waals surface area contributed by atoms with Crippen LogP contribution in [0.3, 0.4) is 0 Å². The highest BCUT2D eigenvalue weighted by atomic mass is 35.5. The summed E-state index contributed by atoms with van der Waals surface area (Å²) in [7, 11) is 0. The normalized spacial score (nSPS) is 21.7. The van der Waals surface area contributed by atoms with E-state index in [1.807, 2.05) is 26.0 Å². The van der Waals surface area contributed by atoms with E-state index in [1.54, 1.807) is 36.4 Å². The van der Waals surface area contributed by atoms with Gasteiger partial charge in [0.25, 0.3) is 11.8 Å². The Morgan fingerprint density at radius 2 is 1.56 bits per heavy atom. The predicted molar refractivity (Wildman–Crippen MR) is 128 cm³/mol. The van der Waals surface area contributed by atoms with E-state index in [0.29, 0.717) is 45.1 Å². The summed E-state index contributed by atoms with van der Waals surface area (Å²) in [6.45, 7) is 9.71. The van der Waals surface area contributed by atoms with Crippen molar-refractivity contribution in [3.8, 4) is 5.75 Å². The highest BCUT2D eigenvalue weighted by molar-refractivity contribution is 6.45. The number of carbonyl (C=O) groups excluding carboxylic acids is 2. The zero-order chi connectivity index (χ0) is 23.0. The number of piperidine rings is 1. The number of para-hydroxylation sites is 2. The smallest absolute Gasteiger partial charge is 0.282 e. The molecule has 1 fully saturated rings. The van der Waals surface area contributed by atoms with Crippen LogP contribution in [0, 0.1) is 11.8 Å². The third-order valence-electron chi connectivity index (χ3n) is 5.85. The van der Waals surface area contributed by atoms with Gasteiger partial charge in [-0.1, -0.05) is 49.7 Å². The van der Waals surface area contributed by atoms with Crippen molar-refractivity contribution in [3.63, 3.8) is 0 Å². The summed E-state index contributed by atoms with van der Waals surface area (Å²) in [5.41, 5.74) is 2.05. The average Bonchev–Trinajstić information content (AvgIpc) is 2.98. The number of nitrogens with zero attached hydrogens (tertiary/aromatic N) is 2. The molecule has 6 heteroatoms. The molecule has 2 aromatic rings. The van der Waals surface area contributed by atoms with E-state index in [1.165, 1.54) is 4.90 Å². The molecule has 0 aliphatic carbocycles. The summed E-state index contributed by atoms with van der Waals surface area (Å²) >= 11 is 6.10. The van der Waals surface area contributed by atoms with Gasteiger partial charge in [0.15, 0.2) is 0 Å². The van der Waals surface area contributed by atoms with Gasteiger partial charge in [0.2, 0.25) is 0 Å². The first-order chi connectivity index (χ1) is 15.3. The van der Waals surface area contributed by atoms with Crippen LogP contribution in [0.4, 0.5) is 5.69 Å². The molecule has 2 aromatic carbocycles. The molecule has 0 aromatic heterocycles. The zero-order valence-corrected chi connectivity index (χ0v) is 19.7. The van der Waals surface area contributed by atoms with Crippen molar-refractivity contribution in [1.82, 2.24) is 4.90 Å². The van der Waals surface area contributed by atoms with Crippen LogP contribution in [0.5, 0.6) is 5.75 Å². The zero-order valence-electron chi connectivity index (χ0n) is 19.0. The Hall–Kier alpha value is -2.79. The lowest BCUT2D eigenvalue weighted by molar-refractivity contribution is -0.121. The second-order valence-corrected chi connectivity index (χ2v) is 9.60. The lowest BCUT2D eigenvalue weighted by atomic mass is 9.91. The summed E-state index contributed by atoms with van der Waals surface area (Å²) in [6, 6.07) is 14.3. The molecule has 2 atom stereocenters. The van der Waals surface area contributed by atoms with Crippen LogP contribution in [0.1, 0.15) is 39.7 Å². The maximum atomic E-state index is 13.8. The summed E-state index contributed by atoms with van der Waals surface area (Å²) in [6.07, 6.45) is 1.02. The van der Waals surface area contributed by atoms with Gasteiger partial charge in [-0.3, -0.25) is 9.59 Å². The minimum absolute atomic E-state index is 0.0871. The standard InChI is InChI=1S/C26H29ClN2O3/c1-16(2)32-22-8-6-5-7-21(22)29-25(30)23(19-9-11-20(27)12-10-19)24(26(29)31)28-14-17(3)13-18(4)15-28/h5-12,16-18H,13-15H2,1-4H3. The number of rotatable bonds is 5. The number of imide groups is 1. The average molecular weight is 453 g/mol. The molecule has 0 radical (unpaired) electrons. The summed E-state index contributed by atoms with van der Waals surface area (Å²) in [5.74, 6) is 0.748. The molecule has 2 aliphatic heterocycles. The Morgan fingerprint density at radius 1 is 0.938 bits per heavy atom. The Morgan fingerprint density at radius 3 is 2.19 bits per heavy atom. The van der Waals surface area contributed by atoms with Crippen molar-refractivity contribution in [1.29, 1.82) is 0 Å². The van der Waals surface area contributed by atoms with Crippen LogP contribution in [0.25, 0.3) is 5.57 Å². The van der Waals surface area contributed by atoms with Crippen molar-refractivity contribution in [3.05, 3.63) is 64.8 Å². The fraction of sp³-hybridized carbons (Fsp3) is 0.385. The monoisotopic (exact) mass is 452 g/mol. The van der Waals surface area contributed by atoms with E-state index in [9.17, 15) is 9.59 Å². The molecule has 2 aliphatic rings. The fourth-order valence-electron chi connectivity index (χ4n) is 4.75. The van der Waals surface area contributed by atoms with Gasteiger partial charge in [0.05, 0.1) is 17.4 Å². The SMILES string of the molecule is CC1CC(C)CN(C2=C(c3ccc(Cl)cc3)C(=O)N(c3ccccc3OC(C)C)C2=O)C1. The first-order valence-electron chi connectivity index (χ1n) is 11.2. The summed E-state index contributed by atoms with van der Waals surface area (Å²) < 4.78 is 5.93. The van der Waals surface area contributed by atoms with Gasteiger partial charge in [-0.25, -0.2) is 4.90 Å². The number of anilines is 1. The number of carbonyl (C=O) groups is 2. The topological polar surface area (TPSA) is 49.9 Å². The molecule has 4 rings (SSSR count). The lowest BCUT2D eigenvalue weighted by Crippen LogP contribution is -2.42. The molecular formula is C26H29ClN2O3. The Labute approximate surface area is 194 Å². The molecule has 0 N–H and O–H groups in total. The molecule has 2 unspecified atom stereocenters. The van der Waals surface area contributed by atoms with Crippen LogP contribution >= 0.6 is 11.6 Å². The first-order valence-corrected chi connectivity index (χ1v) is 11.5. The highest BCUT2D eigenvalue weighted by Crippen LogP contribution is 2.40. The Kier molecular flexibility index (Phi) is 6.29. The second-order valence-electron chi connectivity index (χ2n) is 9.16. The van der Waals surface area contributed by atoms with E-state index in [0.717, 1.165) is 19.5 Å². The van der Waals surface area contributed by atoms with E-state index in [4.69, 9.17) is 16.3 Å². The van der Waals surface area contributed by atoms with Gasteiger partial charge in [-0.2, -0.15) is 0 Å². The van der Waals surface area contributed by atoms with Crippen molar-refractivity contribution < 1.29 is 14.3 Å². The van der Waals surface area contributed by atoms with Crippen LogP contribution < -0.4 is 9.64 Å². The first kappa shape index (κ1) is 22.4. The maximum Gasteiger partial charge on any atom is 0.282 e. The number of benzene rings is 2. The van der Waals surface area contributed by atoms with Gasteiger partial charge >= 0.3 is 0 Å². The Balaban J connectivity index is 1.83. The summed E-state index contributed by atoms with van der Waals surface area (Å²) in [5, 5.41) is 0.584. The van der Waals surface area contributed by atoms with Gasteiger partial charge in [-0.15, -0.1) is 0 Å². The van der Waals surface area contributed by atoms with Gasteiger partial charge < -0.3 is 9.64 Å². The number of likely N-dealkylation sites (tertiary alicyclic amines) is 1. The molecule has 2 heterocycles. The maximum absolute atomic E-state index is 13.8. The molecule has 168 valence electrons. The second kappa shape index (κ2) is 8.99. The van der Waals surface area contributed by atoms with Crippen molar-refractivity contribution in [2.75, 3.05) is 18.0 Å². The van der Waals surface area contributed by atoms with Crippen LogP contribution in [0.15, 0.2) is 54.2 Å². The molecule has 32 heavy (non-hydrogen) atoms. The van der Waals surface area contributed by atoms with Crippen molar-refractivity contribution >= 4 is 34.7 Å². The van der Waals surface area contributed by atoms with E-state index in [-0.39, 0.29) is 17.9 Å². The van der Waals surface area contributed by atoms with Crippen molar-refractivity contribution in [2.24, 2.45) is 11.8 Å². The molecular weight excluding hydrogens is 424 g/mol. The number of amides is 2. The quantitative estimate of drug-likeness (QED) is 0.571. The van der Waals surface area contributed by atoms with Crippen LogP contribution in [-0.2, 0) is 9.59 Å². The minimum Gasteiger partial charge on any atom is -0.489 e. The van der Waals surface area contributed by atoms with Crippen LogP contribution in [-0.4, -0.2) is 35.9 Å². The van der Waals surface area contributed by atoms with Gasteiger partial charge in [0.1, 0.15) is 11.4 Å². The third kappa shape index (κ3) is 4.26. The number of hydrogen-bond acceptors (Lipinski definition) is 4.